The second kappa shape index (κ2) is 7.98. The second-order valence-electron chi connectivity index (χ2n) is 6.11. The van der Waals surface area contributed by atoms with E-state index in [0.717, 1.165) is 18.1 Å². The Morgan fingerprint density at radius 2 is 1.96 bits per heavy atom. The van der Waals surface area contributed by atoms with Crippen LogP contribution in [-0.2, 0) is 4.79 Å². The van der Waals surface area contributed by atoms with Crippen molar-refractivity contribution in [2.45, 2.75) is 12.5 Å². The average Bonchev–Trinajstić information content (AvgIpc) is 2.62. The van der Waals surface area contributed by atoms with Gasteiger partial charge in [-0.2, -0.15) is 11.8 Å². The maximum Gasteiger partial charge on any atom is 0.254 e. The molecule has 2 saturated heterocycles. The van der Waals surface area contributed by atoms with Crippen LogP contribution < -0.4 is 5.32 Å². The van der Waals surface area contributed by atoms with E-state index in [0.29, 0.717) is 38.2 Å². The molecule has 2 heterocycles. The first-order valence-electron chi connectivity index (χ1n) is 8.27. The van der Waals surface area contributed by atoms with E-state index in [1.807, 2.05) is 16.7 Å². The van der Waals surface area contributed by atoms with Crippen molar-refractivity contribution in [2.24, 2.45) is 0 Å². The summed E-state index contributed by atoms with van der Waals surface area (Å²) in [5.41, 5.74) is 0.359. The van der Waals surface area contributed by atoms with Gasteiger partial charge in [0.1, 0.15) is 5.82 Å². The van der Waals surface area contributed by atoms with E-state index < -0.39 is 5.82 Å². The molecule has 2 aliphatic rings. The third-order valence-corrected chi connectivity index (χ3v) is 5.54. The molecule has 1 N–H and O–H groups in total. The molecule has 3 rings (SSSR count). The zero-order valence-corrected chi connectivity index (χ0v) is 14.4. The van der Waals surface area contributed by atoms with Crippen molar-refractivity contribution in [3.05, 3.63) is 35.6 Å². The van der Waals surface area contributed by atoms with Crippen LogP contribution in [0, 0.1) is 5.82 Å². The number of hydrogen-bond donors (Lipinski definition) is 1. The summed E-state index contributed by atoms with van der Waals surface area (Å²) in [5.74, 6) is 1.64. The summed E-state index contributed by atoms with van der Waals surface area (Å²) in [5, 5.41) is 3.37. The number of halogens is 1. The number of benzene rings is 1. The second-order valence-corrected chi connectivity index (χ2v) is 7.26. The number of carbonyl (C=O) groups excluding carboxylic acids is 2. The number of piperazine rings is 1. The number of nitrogens with one attached hydrogen (secondary N) is 1. The molecule has 0 bridgehead atoms. The van der Waals surface area contributed by atoms with Gasteiger partial charge >= 0.3 is 0 Å². The Morgan fingerprint density at radius 1 is 1.21 bits per heavy atom. The van der Waals surface area contributed by atoms with Crippen LogP contribution in [0.15, 0.2) is 24.3 Å². The summed E-state index contributed by atoms with van der Waals surface area (Å²) >= 11 is 1.88. The monoisotopic (exact) mass is 351 g/mol. The molecule has 2 amide bonds. The van der Waals surface area contributed by atoms with Crippen LogP contribution in [0.2, 0.25) is 0 Å². The Hall–Kier alpha value is -1.60. The van der Waals surface area contributed by atoms with Crippen molar-refractivity contribution >= 4 is 23.6 Å². The zero-order valence-electron chi connectivity index (χ0n) is 13.5. The normalized spacial score (nSPS) is 21.6. The predicted molar refractivity (Wildman–Crippen MR) is 92.6 cm³/mol. The fourth-order valence-electron chi connectivity index (χ4n) is 3.05. The summed E-state index contributed by atoms with van der Waals surface area (Å²) in [4.78, 5) is 28.3. The van der Waals surface area contributed by atoms with Crippen molar-refractivity contribution in [3.63, 3.8) is 0 Å². The molecule has 1 aromatic carbocycles. The van der Waals surface area contributed by atoms with Crippen LogP contribution in [0.1, 0.15) is 16.8 Å². The van der Waals surface area contributed by atoms with E-state index in [-0.39, 0.29) is 17.9 Å². The van der Waals surface area contributed by atoms with Crippen LogP contribution in [0.5, 0.6) is 0 Å². The van der Waals surface area contributed by atoms with Gasteiger partial charge in [-0.25, -0.2) is 4.39 Å². The van der Waals surface area contributed by atoms with Gasteiger partial charge in [0.15, 0.2) is 0 Å². The van der Waals surface area contributed by atoms with Crippen LogP contribution in [0.3, 0.4) is 0 Å². The largest absolute Gasteiger partial charge is 0.339 e. The van der Waals surface area contributed by atoms with Gasteiger partial charge in [-0.15, -0.1) is 0 Å². The predicted octanol–water partition coefficient (Wildman–Crippen LogP) is 1.21. The van der Waals surface area contributed by atoms with Crippen molar-refractivity contribution < 1.29 is 14.0 Å². The minimum absolute atomic E-state index is 0.146. The quantitative estimate of drug-likeness (QED) is 0.889. The number of hydrogen-bond acceptors (Lipinski definition) is 4. The van der Waals surface area contributed by atoms with Gasteiger partial charge < -0.3 is 15.1 Å². The molecule has 24 heavy (non-hydrogen) atoms. The molecular weight excluding hydrogens is 329 g/mol. The molecule has 0 radical (unpaired) electrons. The highest BCUT2D eigenvalue weighted by atomic mass is 32.2. The van der Waals surface area contributed by atoms with Crippen LogP contribution >= 0.6 is 11.8 Å². The summed E-state index contributed by atoms with van der Waals surface area (Å²) in [7, 11) is 0. The number of carbonyl (C=O) groups is 2. The highest BCUT2D eigenvalue weighted by Crippen LogP contribution is 2.14. The first-order valence-corrected chi connectivity index (χ1v) is 9.43. The highest BCUT2D eigenvalue weighted by Gasteiger charge is 2.26. The Morgan fingerprint density at radius 3 is 2.62 bits per heavy atom. The van der Waals surface area contributed by atoms with Gasteiger partial charge in [-0.1, -0.05) is 6.07 Å². The Kier molecular flexibility index (Phi) is 5.73. The van der Waals surface area contributed by atoms with E-state index in [1.165, 1.54) is 18.2 Å². The topological polar surface area (TPSA) is 52.7 Å². The Balaban J connectivity index is 1.50. The molecule has 2 fully saturated rings. The number of rotatable bonds is 3. The SMILES string of the molecule is O=C(CC1CSCCN1)N1CCN(C(=O)c2cccc(F)c2)CC1. The maximum atomic E-state index is 13.3. The lowest BCUT2D eigenvalue weighted by atomic mass is 10.1. The summed E-state index contributed by atoms with van der Waals surface area (Å²) in [6, 6.07) is 5.99. The molecule has 1 atom stereocenters. The van der Waals surface area contributed by atoms with Gasteiger partial charge in [0.25, 0.3) is 5.91 Å². The standard InChI is InChI=1S/C17H22FN3O2S/c18-14-3-1-2-13(10-14)17(23)21-7-5-20(6-8-21)16(22)11-15-12-24-9-4-19-15/h1-3,10,15,19H,4-9,11-12H2. The summed E-state index contributed by atoms with van der Waals surface area (Å²) in [6.07, 6.45) is 0.519. The van der Waals surface area contributed by atoms with E-state index in [1.54, 1.807) is 11.0 Å². The van der Waals surface area contributed by atoms with Crippen molar-refractivity contribution in [2.75, 3.05) is 44.2 Å². The summed E-state index contributed by atoms with van der Waals surface area (Å²) < 4.78 is 13.3. The molecule has 5 nitrogen and oxygen atoms in total. The molecule has 1 unspecified atom stereocenters. The molecular formula is C17H22FN3O2S. The molecule has 0 aromatic heterocycles. The van der Waals surface area contributed by atoms with Gasteiger partial charge in [0.05, 0.1) is 0 Å². The van der Waals surface area contributed by atoms with E-state index in [2.05, 4.69) is 5.32 Å². The maximum absolute atomic E-state index is 13.3. The molecule has 130 valence electrons. The Labute approximate surface area is 145 Å². The van der Waals surface area contributed by atoms with E-state index in [9.17, 15) is 14.0 Å². The average molecular weight is 351 g/mol. The van der Waals surface area contributed by atoms with Crippen LogP contribution in [-0.4, -0.2) is 71.9 Å². The third kappa shape index (κ3) is 4.27. The third-order valence-electron chi connectivity index (χ3n) is 4.41. The summed E-state index contributed by atoms with van der Waals surface area (Å²) in [6.45, 7) is 3.03. The van der Waals surface area contributed by atoms with Crippen LogP contribution in [0.25, 0.3) is 0 Å². The number of amides is 2. The highest BCUT2D eigenvalue weighted by molar-refractivity contribution is 7.99. The molecule has 1 aromatic rings. The van der Waals surface area contributed by atoms with Gasteiger partial charge in [-0.05, 0) is 18.2 Å². The lowest BCUT2D eigenvalue weighted by molar-refractivity contribution is -0.133. The number of thioether (sulfide) groups is 1. The smallest absolute Gasteiger partial charge is 0.254 e. The van der Waals surface area contributed by atoms with Crippen LogP contribution in [0.4, 0.5) is 4.39 Å². The van der Waals surface area contributed by atoms with Crippen molar-refractivity contribution in [3.8, 4) is 0 Å². The molecule has 7 heteroatoms. The molecule has 0 spiro atoms. The number of nitrogens with zero attached hydrogens (tertiary/aromatic N) is 2. The first kappa shape index (κ1) is 17.2. The first-order chi connectivity index (χ1) is 11.6. The molecule has 0 aliphatic carbocycles. The molecule has 0 saturated carbocycles. The minimum atomic E-state index is -0.410. The Bertz CT molecular complexity index is 599. The lowest BCUT2D eigenvalue weighted by Crippen LogP contribution is -2.52. The van der Waals surface area contributed by atoms with Crippen molar-refractivity contribution in [1.29, 1.82) is 0 Å². The fraction of sp³-hybridized carbons (Fsp3) is 0.529. The lowest BCUT2D eigenvalue weighted by Gasteiger charge is -2.36. The van der Waals surface area contributed by atoms with E-state index >= 15 is 0 Å². The van der Waals surface area contributed by atoms with Gasteiger partial charge in [-0.3, -0.25) is 9.59 Å². The van der Waals surface area contributed by atoms with Gasteiger partial charge in [0.2, 0.25) is 5.91 Å². The zero-order chi connectivity index (χ0) is 16.9. The van der Waals surface area contributed by atoms with E-state index in [4.69, 9.17) is 0 Å². The minimum Gasteiger partial charge on any atom is -0.339 e. The van der Waals surface area contributed by atoms with Gasteiger partial charge in [0, 0.05) is 62.3 Å². The molecule has 2 aliphatic heterocycles. The fourth-order valence-corrected chi connectivity index (χ4v) is 4.00. The van der Waals surface area contributed by atoms with Crippen molar-refractivity contribution in [1.82, 2.24) is 15.1 Å².